The molecular formula is C22H24ClN5O3. The number of hydrogen-bond donors (Lipinski definition) is 0. The van der Waals surface area contributed by atoms with Crippen LogP contribution in [0.25, 0.3) is 33.3 Å². The van der Waals surface area contributed by atoms with Crippen LogP contribution >= 0.6 is 11.6 Å². The molecule has 0 amide bonds. The summed E-state index contributed by atoms with van der Waals surface area (Å²) in [6.07, 6.45) is 6.01. The highest BCUT2D eigenvalue weighted by Crippen LogP contribution is 2.39. The van der Waals surface area contributed by atoms with Crippen LogP contribution in [0.3, 0.4) is 0 Å². The zero-order valence-corrected chi connectivity index (χ0v) is 18.7. The van der Waals surface area contributed by atoms with Gasteiger partial charge in [-0.3, -0.25) is 9.25 Å². The Bertz CT molecular complexity index is 1350. The first-order valence-electron chi connectivity index (χ1n) is 10.5. The van der Waals surface area contributed by atoms with Crippen molar-refractivity contribution in [2.45, 2.75) is 58.3 Å². The first-order chi connectivity index (χ1) is 14.9. The molecule has 162 valence electrons. The fourth-order valence-corrected chi connectivity index (χ4v) is 4.91. The largest absolute Gasteiger partial charge is 0.450 e. The number of pyridine rings is 1. The van der Waals surface area contributed by atoms with Gasteiger partial charge < -0.3 is 9.15 Å². The maximum absolute atomic E-state index is 13.4. The number of aryl methyl sites for hydroxylation is 2. The molecule has 3 atom stereocenters. The van der Waals surface area contributed by atoms with E-state index in [0.29, 0.717) is 33.2 Å². The Labute approximate surface area is 183 Å². The molecular weight excluding hydrogens is 418 g/mol. The van der Waals surface area contributed by atoms with Gasteiger partial charge in [-0.2, -0.15) is 10.1 Å². The summed E-state index contributed by atoms with van der Waals surface area (Å²) in [5.74, 6) is 0. The first-order valence-corrected chi connectivity index (χ1v) is 10.9. The molecule has 1 fully saturated rings. The minimum atomic E-state index is -0.311. The van der Waals surface area contributed by atoms with Crippen molar-refractivity contribution in [2.24, 2.45) is 7.05 Å². The highest BCUT2D eigenvalue weighted by atomic mass is 35.5. The van der Waals surface area contributed by atoms with E-state index >= 15 is 0 Å². The third kappa shape index (κ3) is 3.34. The van der Waals surface area contributed by atoms with E-state index in [1.54, 1.807) is 21.5 Å². The molecule has 5 rings (SSSR count). The summed E-state index contributed by atoms with van der Waals surface area (Å²) < 4.78 is 15.8. The van der Waals surface area contributed by atoms with Crippen LogP contribution in [0.4, 0.5) is 0 Å². The third-order valence-electron chi connectivity index (χ3n) is 6.02. The Morgan fingerprint density at radius 1 is 1.26 bits per heavy atom. The lowest BCUT2D eigenvalue weighted by molar-refractivity contribution is -0.0594. The Morgan fingerprint density at radius 2 is 2.06 bits per heavy atom. The van der Waals surface area contributed by atoms with Crippen LogP contribution < -0.4 is 5.69 Å². The average Bonchev–Trinajstić information content (AvgIpc) is 3.31. The number of aromatic nitrogens is 5. The topological polar surface area (TPSA) is 88.0 Å². The minimum absolute atomic E-state index is 0.0489. The Hall–Kier alpha value is -2.71. The number of nitrogens with zero attached hydrogens (tertiary/aromatic N) is 5. The predicted molar refractivity (Wildman–Crippen MR) is 118 cm³/mol. The fraction of sp³-hybridized carbons (Fsp3) is 0.455. The molecule has 31 heavy (non-hydrogen) atoms. The van der Waals surface area contributed by atoms with Crippen LogP contribution in [-0.2, 0) is 11.8 Å². The van der Waals surface area contributed by atoms with Gasteiger partial charge in [-0.25, -0.2) is 9.78 Å². The van der Waals surface area contributed by atoms with Gasteiger partial charge in [0, 0.05) is 30.2 Å². The van der Waals surface area contributed by atoms with Crippen molar-refractivity contribution < 1.29 is 9.15 Å². The Morgan fingerprint density at radius 3 is 2.77 bits per heavy atom. The van der Waals surface area contributed by atoms with Crippen LogP contribution in [0.15, 0.2) is 27.7 Å². The van der Waals surface area contributed by atoms with Gasteiger partial charge in [0.05, 0.1) is 24.1 Å². The summed E-state index contributed by atoms with van der Waals surface area (Å²) in [6.45, 7) is 6.00. The molecule has 0 aromatic carbocycles. The maximum Gasteiger partial charge on any atom is 0.349 e. The van der Waals surface area contributed by atoms with Crippen molar-refractivity contribution in [3.05, 3.63) is 39.8 Å². The summed E-state index contributed by atoms with van der Waals surface area (Å²) in [5, 5.41) is 5.36. The second-order valence-corrected chi connectivity index (χ2v) is 8.69. The molecule has 0 aliphatic carbocycles. The molecule has 1 saturated heterocycles. The molecule has 4 aromatic heterocycles. The van der Waals surface area contributed by atoms with Gasteiger partial charge in [-0.05, 0) is 39.2 Å². The van der Waals surface area contributed by atoms with Crippen LogP contribution in [0.2, 0.25) is 5.15 Å². The molecule has 0 saturated carbocycles. The highest BCUT2D eigenvalue weighted by molar-refractivity contribution is 6.30. The van der Waals surface area contributed by atoms with Crippen molar-refractivity contribution in [2.75, 3.05) is 0 Å². The zero-order chi connectivity index (χ0) is 21.9. The summed E-state index contributed by atoms with van der Waals surface area (Å²) in [4.78, 5) is 22.2. The van der Waals surface area contributed by atoms with Crippen molar-refractivity contribution in [1.29, 1.82) is 0 Å². The molecule has 8 nitrogen and oxygen atoms in total. The van der Waals surface area contributed by atoms with Gasteiger partial charge >= 0.3 is 5.69 Å². The molecule has 0 bridgehead atoms. The van der Waals surface area contributed by atoms with E-state index in [1.807, 2.05) is 27.1 Å². The van der Waals surface area contributed by atoms with Crippen LogP contribution in [0, 0.1) is 6.92 Å². The van der Waals surface area contributed by atoms with E-state index in [1.165, 1.54) is 0 Å². The lowest BCUT2D eigenvalue weighted by Gasteiger charge is -2.34. The van der Waals surface area contributed by atoms with Crippen molar-refractivity contribution in [1.82, 2.24) is 24.3 Å². The monoisotopic (exact) mass is 441 g/mol. The van der Waals surface area contributed by atoms with Gasteiger partial charge in [-0.15, -0.1) is 0 Å². The van der Waals surface area contributed by atoms with Crippen molar-refractivity contribution in [3.8, 4) is 11.3 Å². The van der Waals surface area contributed by atoms with Crippen LogP contribution in [0.5, 0.6) is 0 Å². The summed E-state index contributed by atoms with van der Waals surface area (Å²) >= 11 is 6.30. The molecule has 9 heteroatoms. The zero-order valence-electron chi connectivity index (χ0n) is 17.9. The molecule has 3 unspecified atom stereocenters. The van der Waals surface area contributed by atoms with Crippen LogP contribution in [-0.4, -0.2) is 36.5 Å². The summed E-state index contributed by atoms with van der Waals surface area (Å²) in [6, 6.07) is 1.71. The average molecular weight is 442 g/mol. The van der Waals surface area contributed by atoms with E-state index < -0.39 is 0 Å². The van der Waals surface area contributed by atoms with E-state index in [4.69, 9.17) is 20.8 Å². The lowest BCUT2D eigenvalue weighted by atomic mass is 9.97. The lowest BCUT2D eigenvalue weighted by Crippen LogP contribution is -2.37. The van der Waals surface area contributed by atoms with Crippen LogP contribution in [0.1, 0.15) is 44.8 Å². The molecule has 5 heterocycles. The van der Waals surface area contributed by atoms with Gasteiger partial charge in [0.25, 0.3) is 0 Å². The minimum Gasteiger partial charge on any atom is -0.450 e. The normalized spacial score (nSPS) is 21.9. The predicted octanol–water partition coefficient (Wildman–Crippen LogP) is 4.42. The second-order valence-electron chi connectivity index (χ2n) is 8.30. The maximum atomic E-state index is 13.4. The van der Waals surface area contributed by atoms with E-state index in [-0.39, 0.29) is 23.9 Å². The fourth-order valence-electron chi connectivity index (χ4n) is 4.67. The van der Waals surface area contributed by atoms with Gasteiger partial charge in [0.1, 0.15) is 16.4 Å². The van der Waals surface area contributed by atoms with E-state index in [2.05, 4.69) is 22.0 Å². The second kappa shape index (κ2) is 7.46. The summed E-state index contributed by atoms with van der Waals surface area (Å²) in [5.41, 5.74) is 3.41. The SMILES string of the molecule is CCC1CC(n2c(=O)nc(-c3cnn(C)c3)c3oc4c(C)nc(Cl)cc4c32)CC(C)O1. The first kappa shape index (κ1) is 20.2. The van der Waals surface area contributed by atoms with Gasteiger partial charge in [-0.1, -0.05) is 18.5 Å². The van der Waals surface area contributed by atoms with Gasteiger partial charge in [0.2, 0.25) is 0 Å². The van der Waals surface area contributed by atoms with Gasteiger partial charge in [0.15, 0.2) is 11.2 Å². The number of furan rings is 1. The van der Waals surface area contributed by atoms with E-state index in [9.17, 15) is 4.79 Å². The highest BCUT2D eigenvalue weighted by Gasteiger charge is 2.31. The summed E-state index contributed by atoms with van der Waals surface area (Å²) in [7, 11) is 1.82. The van der Waals surface area contributed by atoms with E-state index in [0.717, 1.165) is 30.2 Å². The molecule has 0 N–H and O–H groups in total. The number of halogens is 1. The third-order valence-corrected chi connectivity index (χ3v) is 6.21. The molecule has 0 radical (unpaired) electrons. The quantitative estimate of drug-likeness (QED) is 0.437. The van der Waals surface area contributed by atoms with Crippen molar-refractivity contribution >= 4 is 33.7 Å². The Balaban J connectivity index is 1.86. The number of fused-ring (bicyclic) bond motifs is 3. The molecule has 1 aliphatic heterocycles. The Kier molecular flexibility index (Phi) is 4.86. The molecule has 4 aromatic rings. The van der Waals surface area contributed by atoms with Crippen molar-refractivity contribution in [3.63, 3.8) is 0 Å². The molecule has 0 spiro atoms. The smallest absolute Gasteiger partial charge is 0.349 e. The number of rotatable bonds is 3. The number of ether oxygens (including phenoxy) is 1. The molecule has 1 aliphatic rings. The standard InChI is InChI=1S/C22H24ClN5O3/c1-5-15-7-14(6-11(2)30-15)28-19-16-8-17(23)25-12(3)20(16)31-21(19)18(26-22(28)29)13-9-24-27(4)10-13/h8-11,14-15H,5-7H2,1-4H3. The number of hydrogen-bond acceptors (Lipinski definition) is 6.